The molecular formula is C20H22N4O6. The number of fused-ring (bicyclic) bond motifs is 4. The largest absolute Gasteiger partial charge is 0.427 e. The van der Waals surface area contributed by atoms with Crippen LogP contribution in [-0.2, 0) is 31.1 Å². The highest BCUT2D eigenvalue weighted by Gasteiger charge is 2.58. The van der Waals surface area contributed by atoms with Crippen molar-refractivity contribution in [1.82, 2.24) is 15.1 Å². The second kappa shape index (κ2) is 6.69. The van der Waals surface area contributed by atoms with E-state index in [9.17, 15) is 19.2 Å². The Morgan fingerprint density at radius 3 is 2.83 bits per heavy atom. The van der Waals surface area contributed by atoms with Crippen LogP contribution in [0.25, 0.3) is 0 Å². The summed E-state index contributed by atoms with van der Waals surface area (Å²) in [6, 6.07) is 4.80. The van der Waals surface area contributed by atoms with Gasteiger partial charge in [0.25, 0.3) is 5.91 Å². The number of rotatable bonds is 3. The van der Waals surface area contributed by atoms with Crippen molar-refractivity contribution in [3.63, 3.8) is 0 Å². The minimum Gasteiger partial charge on any atom is -0.427 e. The Hall–Kier alpha value is -3.14. The maximum absolute atomic E-state index is 13.2. The van der Waals surface area contributed by atoms with Gasteiger partial charge in [-0.3, -0.25) is 9.59 Å². The van der Waals surface area contributed by atoms with E-state index in [4.69, 9.17) is 9.47 Å². The van der Waals surface area contributed by atoms with Gasteiger partial charge in [0.05, 0.1) is 18.8 Å². The summed E-state index contributed by atoms with van der Waals surface area (Å²) >= 11 is 0. The molecule has 3 saturated heterocycles. The van der Waals surface area contributed by atoms with Crippen LogP contribution in [0.4, 0.5) is 15.3 Å². The third-order valence-electron chi connectivity index (χ3n) is 6.36. The van der Waals surface area contributed by atoms with E-state index >= 15 is 0 Å². The number of imide groups is 1. The summed E-state index contributed by atoms with van der Waals surface area (Å²) in [6.45, 7) is 0.669. The number of anilines is 1. The monoisotopic (exact) mass is 414 g/mol. The highest BCUT2D eigenvalue weighted by molar-refractivity contribution is 6.06. The van der Waals surface area contributed by atoms with Gasteiger partial charge in [-0.1, -0.05) is 6.07 Å². The number of likely N-dealkylation sites (tertiary alicyclic amines) is 1. The molecular weight excluding hydrogens is 392 g/mol. The average Bonchev–Trinajstić information content (AvgIpc) is 3.49. The van der Waals surface area contributed by atoms with E-state index in [0.717, 1.165) is 16.9 Å². The van der Waals surface area contributed by atoms with E-state index in [1.165, 1.54) is 7.05 Å². The number of aryl methyl sites for hydroxylation is 1. The van der Waals surface area contributed by atoms with Crippen molar-refractivity contribution < 1.29 is 28.7 Å². The van der Waals surface area contributed by atoms with Crippen molar-refractivity contribution in [2.75, 3.05) is 32.1 Å². The number of nitrogens with one attached hydrogen (secondary N) is 2. The van der Waals surface area contributed by atoms with E-state index in [-0.39, 0.29) is 30.6 Å². The number of hydrogen-bond acceptors (Lipinski definition) is 6. The zero-order chi connectivity index (χ0) is 21.0. The number of benzene rings is 1. The number of morpholine rings is 1. The summed E-state index contributed by atoms with van der Waals surface area (Å²) in [7, 11) is 1.52. The van der Waals surface area contributed by atoms with E-state index in [0.29, 0.717) is 37.2 Å². The van der Waals surface area contributed by atoms with Gasteiger partial charge in [-0.05, 0) is 30.5 Å². The lowest BCUT2D eigenvalue weighted by Gasteiger charge is -2.28. The van der Waals surface area contributed by atoms with Crippen LogP contribution < -0.4 is 10.6 Å². The van der Waals surface area contributed by atoms with Crippen molar-refractivity contribution >= 4 is 29.6 Å². The fourth-order valence-electron chi connectivity index (χ4n) is 4.86. The maximum atomic E-state index is 13.2. The lowest BCUT2D eigenvalue weighted by molar-refractivity contribution is -0.143. The van der Waals surface area contributed by atoms with Crippen molar-refractivity contribution in [3.05, 3.63) is 29.3 Å². The highest BCUT2D eigenvalue weighted by Crippen LogP contribution is 2.46. The molecule has 3 atom stereocenters. The molecule has 5 amide bonds. The predicted octanol–water partition coefficient (Wildman–Crippen LogP) is 0.558. The molecule has 5 rings (SSSR count). The van der Waals surface area contributed by atoms with Gasteiger partial charge in [-0.25, -0.2) is 14.5 Å². The molecule has 1 unspecified atom stereocenters. The minimum atomic E-state index is -1.40. The number of nitrogens with zero attached hydrogens (tertiary/aromatic N) is 2. The predicted molar refractivity (Wildman–Crippen MR) is 103 cm³/mol. The molecule has 0 saturated carbocycles. The van der Waals surface area contributed by atoms with Crippen LogP contribution >= 0.6 is 0 Å². The molecule has 1 aromatic rings. The first-order chi connectivity index (χ1) is 14.4. The topological polar surface area (TPSA) is 117 Å². The second-order valence-corrected chi connectivity index (χ2v) is 8.05. The first-order valence-corrected chi connectivity index (χ1v) is 9.99. The average molecular weight is 414 g/mol. The molecule has 0 radical (unpaired) electrons. The van der Waals surface area contributed by atoms with Crippen LogP contribution in [0.15, 0.2) is 18.2 Å². The standard InChI is InChI=1S/C20H22N4O6/c1-21-18(27)22-12-2-3-15-11(6-12)4-5-20(15)17(26)24(19(28)30-20)9-16(25)23-8-14-7-13(23)10-29-14/h2-3,6,13-14H,4-5,7-10H2,1H3,(H2,21,22,27)/t13-,14+,20?/m1/s1. The zero-order valence-electron chi connectivity index (χ0n) is 16.5. The Morgan fingerprint density at radius 1 is 1.30 bits per heavy atom. The molecule has 1 aromatic carbocycles. The van der Waals surface area contributed by atoms with Gasteiger partial charge in [0, 0.05) is 31.3 Å². The maximum Gasteiger partial charge on any atom is 0.418 e. The second-order valence-electron chi connectivity index (χ2n) is 8.05. The summed E-state index contributed by atoms with van der Waals surface area (Å²) in [4.78, 5) is 52.6. The Labute approximate surface area is 172 Å². The summed E-state index contributed by atoms with van der Waals surface area (Å²) in [5.41, 5.74) is 0.616. The van der Waals surface area contributed by atoms with Crippen LogP contribution in [0.2, 0.25) is 0 Å². The number of ether oxygens (including phenoxy) is 2. The fraction of sp³-hybridized carbons (Fsp3) is 0.500. The van der Waals surface area contributed by atoms with Crippen molar-refractivity contribution in [2.45, 2.75) is 37.0 Å². The summed E-state index contributed by atoms with van der Waals surface area (Å²) in [6.07, 6.45) is 0.879. The Balaban J connectivity index is 1.35. The summed E-state index contributed by atoms with van der Waals surface area (Å²) in [5.74, 6) is -0.774. The molecule has 2 bridgehead atoms. The van der Waals surface area contributed by atoms with E-state index < -0.39 is 17.6 Å². The molecule has 0 aromatic heterocycles. The van der Waals surface area contributed by atoms with Crippen LogP contribution in [0.5, 0.6) is 0 Å². The molecule has 3 heterocycles. The molecule has 158 valence electrons. The molecule has 10 nitrogen and oxygen atoms in total. The van der Waals surface area contributed by atoms with Crippen molar-refractivity contribution in [1.29, 1.82) is 0 Å². The molecule has 1 aliphatic carbocycles. The first-order valence-electron chi connectivity index (χ1n) is 9.99. The van der Waals surface area contributed by atoms with Crippen molar-refractivity contribution in [2.24, 2.45) is 0 Å². The lowest BCUT2D eigenvalue weighted by atomic mass is 9.94. The van der Waals surface area contributed by atoms with Crippen LogP contribution in [0.1, 0.15) is 24.0 Å². The SMILES string of the molecule is CNC(=O)Nc1ccc2c(c1)CCC21OC(=O)N(CC(=O)N2C[C@@H]3C[C@@H]2CO3)C1=O. The van der Waals surface area contributed by atoms with E-state index in [2.05, 4.69) is 10.6 Å². The number of carbonyl (C=O) groups is 4. The number of carbonyl (C=O) groups excluding carboxylic acids is 4. The van der Waals surface area contributed by atoms with Gasteiger partial charge < -0.3 is 25.0 Å². The van der Waals surface area contributed by atoms with Crippen LogP contribution in [-0.4, -0.2) is 72.6 Å². The van der Waals surface area contributed by atoms with E-state index in [1.54, 1.807) is 23.1 Å². The molecule has 4 aliphatic rings. The third kappa shape index (κ3) is 2.74. The van der Waals surface area contributed by atoms with Gasteiger partial charge in [-0.15, -0.1) is 0 Å². The number of amides is 5. The zero-order valence-corrected chi connectivity index (χ0v) is 16.5. The molecule has 30 heavy (non-hydrogen) atoms. The normalized spacial score (nSPS) is 28.8. The molecule has 1 spiro atoms. The Kier molecular flexibility index (Phi) is 4.21. The van der Waals surface area contributed by atoms with Gasteiger partial charge >= 0.3 is 12.1 Å². The highest BCUT2D eigenvalue weighted by atomic mass is 16.6. The quantitative estimate of drug-likeness (QED) is 0.746. The fourth-order valence-corrected chi connectivity index (χ4v) is 4.86. The van der Waals surface area contributed by atoms with Gasteiger partial charge in [0.1, 0.15) is 6.54 Å². The van der Waals surface area contributed by atoms with Gasteiger partial charge in [0.2, 0.25) is 11.5 Å². The Morgan fingerprint density at radius 2 is 2.13 bits per heavy atom. The number of hydrogen-bond donors (Lipinski definition) is 2. The van der Waals surface area contributed by atoms with E-state index in [1.807, 2.05) is 0 Å². The van der Waals surface area contributed by atoms with Crippen LogP contribution in [0, 0.1) is 0 Å². The molecule has 2 N–H and O–H groups in total. The summed E-state index contributed by atoms with van der Waals surface area (Å²) in [5, 5.41) is 5.16. The molecule has 10 heteroatoms. The summed E-state index contributed by atoms with van der Waals surface area (Å²) < 4.78 is 11.1. The molecule has 3 aliphatic heterocycles. The molecule has 3 fully saturated rings. The minimum absolute atomic E-state index is 0.0173. The van der Waals surface area contributed by atoms with Gasteiger partial charge in [0.15, 0.2) is 0 Å². The first kappa shape index (κ1) is 18.9. The third-order valence-corrected chi connectivity index (χ3v) is 6.36. The lowest BCUT2D eigenvalue weighted by Crippen LogP contribution is -2.48. The smallest absolute Gasteiger partial charge is 0.418 e. The number of urea groups is 1. The van der Waals surface area contributed by atoms with Crippen molar-refractivity contribution in [3.8, 4) is 0 Å². The van der Waals surface area contributed by atoms with Gasteiger partial charge in [-0.2, -0.15) is 0 Å². The Bertz CT molecular complexity index is 965. The van der Waals surface area contributed by atoms with Crippen LogP contribution in [0.3, 0.4) is 0 Å².